The summed E-state index contributed by atoms with van der Waals surface area (Å²) in [6.45, 7) is 8.10. The van der Waals surface area contributed by atoms with Crippen LogP contribution in [0.5, 0.6) is 5.75 Å². The number of aliphatic hydroxyl groups excluding tert-OH is 1. The molecule has 0 amide bonds. The molecule has 0 aromatic heterocycles. The average Bonchev–Trinajstić information content (AvgIpc) is 2.60. The number of piperazine rings is 1. The fraction of sp³-hybridized carbons (Fsp3) is 0.588. The molecular formula is C17H26N2O4. The lowest BCUT2D eigenvalue weighted by atomic mass is 10.2. The number of nitrogens with zero attached hydrogens (tertiary/aromatic N) is 2. The first-order valence-electron chi connectivity index (χ1n) is 8.06. The molecule has 1 heterocycles. The maximum atomic E-state index is 11.5. The molecule has 1 atom stereocenters. The lowest BCUT2D eigenvalue weighted by Gasteiger charge is -2.34. The highest BCUT2D eigenvalue weighted by Crippen LogP contribution is 2.14. The molecule has 0 saturated carbocycles. The number of carbonyl (C=O) groups excluding carboxylic acids is 1. The average molecular weight is 322 g/mol. The van der Waals surface area contributed by atoms with Crippen molar-refractivity contribution in [3.8, 4) is 5.75 Å². The molecule has 1 aliphatic heterocycles. The Bertz CT molecular complexity index is 501. The van der Waals surface area contributed by atoms with E-state index in [0.29, 0.717) is 17.9 Å². The molecule has 1 aliphatic rings. The van der Waals surface area contributed by atoms with Crippen LogP contribution in [-0.4, -0.2) is 80.0 Å². The topological polar surface area (TPSA) is 62.2 Å². The van der Waals surface area contributed by atoms with Crippen molar-refractivity contribution < 1.29 is 19.4 Å². The zero-order valence-corrected chi connectivity index (χ0v) is 13.9. The van der Waals surface area contributed by atoms with Gasteiger partial charge in [-0.25, -0.2) is 4.79 Å². The minimum absolute atomic E-state index is 0.207. The number of aliphatic hydroxyl groups is 1. The van der Waals surface area contributed by atoms with Gasteiger partial charge in [-0.05, 0) is 24.7 Å². The van der Waals surface area contributed by atoms with Crippen molar-refractivity contribution in [3.63, 3.8) is 0 Å². The summed E-state index contributed by atoms with van der Waals surface area (Å²) in [5, 5.41) is 10.1. The van der Waals surface area contributed by atoms with Gasteiger partial charge in [0.1, 0.15) is 18.5 Å². The summed E-state index contributed by atoms with van der Waals surface area (Å²) in [6.07, 6.45) is -0.551. The molecule has 2 rings (SSSR count). The number of esters is 1. The van der Waals surface area contributed by atoms with E-state index >= 15 is 0 Å². The number of hydrogen-bond donors (Lipinski definition) is 1. The normalized spacial score (nSPS) is 17.7. The van der Waals surface area contributed by atoms with Crippen molar-refractivity contribution >= 4 is 5.97 Å². The zero-order chi connectivity index (χ0) is 16.7. The minimum Gasteiger partial charge on any atom is -0.491 e. The first-order valence-corrected chi connectivity index (χ1v) is 8.06. The van der Waals surface area contributed by atoms with Crippen molar-refractivity contribution in [2.75, 3.05) is 53.0 Å². The van der Waals surface area contributed by atoms with E-state index in [0.717, 1.165) is 32.7 Å². The number of carbonyl (C=O) groups is 1. The van der Waals surface area contributed by atoms with E-state index in [2.05, 4.69) is 21.5 Å². The molecule has 128 valence electrons. The van der Waals surface area contributed by atoms with Crippen LogP contribution in [0.1, 0.15) is 17.3 Å². The van der Waals surface area contributed by atoms with Crippen LogP contribution in [-0.2, 0) is 4.74 Å². The van der Waals surface area contributed by atoms with Crippen LogP contribution in [0.15, 0.2) is 24.3 Å². The van der Waals surface area contributed by atoms with Crippen LogP contribution in [0.2, 0.25) is 0 Å². The minimum atomic E-state index is -0.551. The van der Waals surface area contributed by atoms with Crippen molar-refractivity contribution in [1.82, 2.24) is 9.80 Å². The molecule has 0 radical (unpaired) electrons. The van der Waals surface area contributed by atoms with E-state index in [1.807, 2.05) is 0 Å². The van der Waals surface area contributed by atoms with Crippen molar-refractivity contribution in [1.29, 1.82) is 0 Å². The fourth-order valence-corrected chi connectivity index (χ4v) is 2.66. The molecule has 1 aromatic rings. The number of rotatable bonds is 7. The summed E-state index contributed by atoms with van der Waals surface area (Å²) >= 11 is 0. The van der Waals surface area contributed by atoms with Gasteiger partial charge in [0, 0.05) is 32.7 Å². The standard InChI is InChI=1S/C17H26N2O4/c1-3-18-7-9-19(10-8-18)12-15(20)13-23-16-6-4-5-14(11-16)17(21)22-2/h4-6,11,15,20H,3,7-10,12-13H2,1-2H3. The maximum absolute atomic E-state index is 11.5. The summed E-state index contributed by atoms with van der Waals surface area (Å²) in [7, 11) is 1.35. The Kier molecular flexibility index (Phi) is 6.83. The van der Waals surface area contributed by atoms with E-state index in [4.69, 9.17) is 4.74 Å². The number of benzene rings is 1. The molecule has 0 aliphatic carbocycles. The van der Waals surface area contributed by atoms with Crippen LogP contribution in [0.3, 0.4) is 0 Å². The van der Waals surface area contributed by atoms with E-state index in [1.54, 1.807) is 24.3 Å². The van der Waals surface area contributed by atoms with Gasteiger partial charge in [0.25, 0.3) is 0 Å². The van der Waals surface area contributed by atoms with Gasteiger partial charge in [0.05, 0.1) is 12.7 Å². The number of β-amino-alcohol motifs (C(OH)–C–C–N with tert-alkyl or cyclic N) is 1. The molecule has 1 saturated heterocycles. The van der Waals surface area contributed by atoms with Gasteiger partial charge in [-0.1, -0.05) is 13.0 Å². The molecule has 6 heteroatoms. The number of ether oxygens (including phenoxy) is 2. The molecule has 1 fully saturated rings. The van der Waals surface area contributed by atoms with Gasteiger partial charge in [0.15, 0.2) is 0 Å². The summed E-state index contributed by atoms with van der Waals surface area (Å²) in [5.41, 5.74) is 0.440. The Morgan fingerprint density at radius 3 is 2.61 bits per heavy atom. The Morgan fingerprint density at radius 2 is 1.96 bits per heavy atom. The Labute approximate surface area is 137 Å². The third-order valence-electron chi connectivity index (χ3n) is 4.08. The summed E-state index contributed by atoms with van der Waals surface area (Å²) in [4.78, 5) is 16.1. The summed E-state index contributed by atoms with van der Waals surface area (Å²) in [5.74, 6) is 0.160. The maximum Gasteiger partial charge on any atom is 0.337 e. The Balaban J connectivity index is 1.76. The van der Waals surface area contributed by atoms with Crippen LogP contribution in [0.4, 0.5) is 0 Å². The van der Waals surface area contributed by atoms with Gasteiger partial charge in [-0.15, -0.1) is 0 Å². The van der Waals surface area contributed by atoms with Gasteiger partial charge in [0.2, 0.25) is 0 Å². The Hall–Kier alpha value is -1.63. The number of hydrogen-bond acceptors (Lipinski definition) is 6. The molecule has 1 unspecified atom stereocenters. The van der Waals surface area contributed by atoms with Crippen molar-refractivity contribution in [3.05, 3.63) is 29.8 Å². The number of likely N-dealkylation sites (N-methyl/N-ethyl adjacent to an activating group) is 1. The molecule has 1 N–H and O–H groups in total. The van der Waals surface area contributed by atoms with Gasteiger partial charge in [-0.3, -0.25) is 4.90 Å². The quantitative estimate of drug-likeness (QED) is 0.751. The summed E-state index contributed by atoms with van der Waals surface area (Å²) in [6, 6.07) is 6.79. The van der Waals surface area contributed by atoms with Crippen LogP contribution < -0.4 is 4.74 Å². The molecule has 23 heavy (non-hydrogen) atoms. The predicted molar refractivity (Wildman–Crippen MR) is 87.8 cm³/mol. The van der Waals surface area contributed by atoms with E-state index in [1.165, 1.54) is 7.11 Å². The summed E-state index contributed by atoms with van der Waals surface area (Å²) < 4.78 is 10.3. The van der Waals surface area contributed by atoms with Crippen LogP contribution >= 0.6 is 0 Å². The lowest BCUT2D eigenvalue weighted by Crippen LogP contribution is -2.49. The third-order valence-corrected chi connectivity index (χ3v) is 4.08. The van der Waals surface area contributed by atoms with Gasteiger partial charge < -0.3 is 19.5 Å². The first kappa shape index (κ1) is 17.7. The first-order chi connectivity index (χ1) is 11.1. The zero-order valence-electron chi connectivity index (χ0n) is 13.9. The molecule has 0 spiro atoms. The third kappa shape index (κ3) is 5.49. The second kappa shape index (κ2) is 8.86. The highest BCUT2D eigenvalue weighted by atomic mass is 16.5. The van der Waals surface area contributed by atoms with Gasteiger partial charge >= 0.3 is 5.97 Å². The molecular weight excluding hydrogens is 296 g/mol. The van der Waals surface area contributed by atoms with Crippen molar-refractivity contribution in [2.24, 2.45) is 0 Å². The highest BCUT2D eigenvalue weighted by molar-refractivity contribution is 5.89. The second-order valence-corrected chi connectivity index (χ2v) is 5.72. The van der Waals surface area contributed by atoms with Gasteiger partial charge in [-0.2, -0.15) is 0 Å². The van der Waals surface area contributed by atoms with E-state index < -0.39 is 12.1 Å². The van der Waals surface area contributed by atoms with Crippen LogP contribution in [0.25, 0.3) is 0 Å². The smallest absolute Gasteiger partial charge is 0.337 e. The molecule has 1 aromatic carbocycles. The second-order valence-electron chi connectivity index (χ2n) is 5.72. The Morgan fingerprint density at radius 1 is 1.26 bits per heavy atom. The van der Waals surface area contributed by atoms with Crippen molar-refractivity contribution in [2.45, 2.75) is 13.0 Å². The lowest BCUT2D eigenvalue weighted by molar-refractivity contribution is 0.0470. The van der Waals surface area contributed by atoms with E-state index in [9.17, 15) is 9.90 Å². The monoisotopic (exact) mass is 322 g/mol. The predicted octanol–water partition coefficient (Wildman–Crippen LogP) is 0.850. The fourth-order valence-electron chi connectivity index (χ4n) is 2.66. The largest absolute Gasteiger partial charge is 0.491 e. The number of methoxy groups -OCH3 is 1. The SMILES string of the molecule is CCN1CCN(CC(O)COc2cccc(C(=O)OC)c2)CC1. The molecule has 0 bridgehead atoms. The van der Waals surface area contributed by atoms with Crippen LogP contribution in [0, 0.1) is 0 Å². The molecule has 6 nitrogen and oxygen atoms in total. The van der Waals surface area contributed by atoms with E-state index in [-0.39, 0.29) is 6.61 Å². The highest BCUT2D eigenvalue weighted by Gasteiger charge is 2.18.